The maximum absolute atomic E-state index is 12.4. The lowest BCUT2D eigenvalue weighted by atomic mass is 10.2. The van der Waals surface area contributed by atoms with Gasteiger partial charge in [0, 0.05) is 11.6 Å². The lowest BCUT2D eigenvalue weighted by molar-refractivity contribution is 0.0915. The molecule has 132 valence electrons. The first-order valence-electron chi connectivity index (χ1n) is 7.63. The van der Waals surface area contributed by atoms with Crippen molar-refractivity contribution in [1.82, 2.24) is 5.32 Å². The minimum Gasteiger partial charge on any atom is -0.497 e. The molecule has 2 amide bonds. The number of methoxy groups -OCH3 is 2. The molecule has 1 unspecified atom stereocenters. The van der Waals surface area contributed by atoms with Crippen molar-refractivity contribution >= 4 is 28.3 Å². The van der Waals surface area contributed by atoms with Gasteiger partial charge in [-0.05, 0) is 29.6 Å². The zero-order chi connectivity index (χ0) is 17.8. The van der Waals surface area contributed by atoms with E-state index in [-0.39, 0.29) is 12.5 Å². The molecular weight excluding hydrogens is 344 g/mol. The lowest BCUT2D eigenvalue weighted by Gasteiger charge is -2.12. The molecule has 0 bridgehead atoms. The number of rotatable bonds is 6. The minimum absolute atomic E-state index is 0.228. The zero-order valence-electron chi connectivity index (χ0n) is 13.9. The second-order valence-electron chi connectivity index (χ2n) is 5.38. The third-order valence-electron chi connectivity index (χ3n) is 3.75. The SMILES string of the molecule is COc1cc(OC)cc(C(=O)NCC2CN(c3cccs3)C(=O)O2)c1. The molecule has 0 saturated carbocycles. The van der Waals surface area contributed by atoms with E-state index >= 15 is 0 Å². The highest BCUT2D eigenvalue weighted by atomic mass is 32.1. The fraction of sp³-hybridized carbons (Fsp3) is 0.294. The fourth-order valence-corrected chi connectivity index (χ4v) is 3.21. The molecule has 1 aromatic heterocycles. The molecule has 8 heteroatoms. The van der Waals surface area contributed by atoms with Gasteiger partial charge in [-0.25, -0.2) is 4.79 Å². The van der Waals surface area contributed by atoms with Gasteiger partial charge in [0.1, 0.15) is 22.6 Å². The van der Waals surface area contributed by atoms with Crippen molar-refractivity contribution in [1.29, 1.82) is 0 Å². The largest absolute Gasteiger partial charge is 0.497 e. The summed E-state index contributed by atoms with van der Waals surface area (Å²) in [6.07, 6.45) is -0.796. The summed E-state index contributed by atoms with van der Waals surface area (Å²) in [6, 6.07) is 8.66. The van der Waals surface area contributed by atoms with Crippen LogP contribution in [0.5, 0.6) is 11.5 Å². The number of amides is 2. The summed E-state index contributed by atoms with van der Waals surface area (Å²) in [5, 5.41) is 5.51. The predicted molar refractivity (Wildman–Crippen MR) is 93.8 cm³/mol. The van der Waals surface area contributed by atoms with Gasteiger partial charge in [0.05, 0.1) is 27.3 Å². The first-order chi connectivity index (χ1) is 12.1. The van der Waals surface area contributed by atoms with Gasteiger partial charge in [-0.15, -0.1) is 11.3 Å². The molecule has 1 aliphatic rings. The van der Waals surface area contributed by atoms with Crippen LogP contribution in [0.25, 0.3) is 0 Å². The molecular formula is C17H18N2O5S. The monoisotopic (exact) mass is 362 g/mol. The Morgan fingerprint density at radius 1 is 1.32 bits per heavy atom. The van der Waals surface area contributed by atoms with Gasteiger partial charge >= 0.3 is 6.09 Å². The Bertz CT molecular complexity index is 740. The molecule has 1 aromatic carbocycles. The summed E-state index contributed by atoms with van der Waals surface area (Å²) in [5.74, 6) is 0.768. The number of carbonyl (C=O) groups excluding carboxylic acids is 2. The number of hydrogen-bond donors (Lipinski definition) is 1. The maximum Gasteiger partial charge on any atom is 0.415 e. The van der Waals surface area contributed by atoms with Crippen LogP contribution in [0.3, 0.4) is 0 Å². The summed E-state index contributed by atoms with van der Waals surface area (Å²) >= 11 is 1.47. The van der Waals surface area contributed by atoms with Crippen LogP contribution in [-0.2, 0) is 4.74 Å². The van der Waals surface area contributed by atoms with E-state index in [2.05, 4.69) is 5.32 Å². The number of nitrogens with zero attached hydrogens (tertiary/aromatic N) is 1. The second-order valence-corrected chi connectivity index (χ2v) is 6.31. The third-order valence-corrected chi connectivity index (χ3v) is 4.64. The van der Waals surface area contributed by atoms with Gasteiger partial charge in [0.2, 0.25) is 0 Å². The zero-order valence-corrected chi connectivity index (χ0v) is 14.7. The van der Waals surface area contributed by atoms with Crippen molar-refractivity contribution < 1.29 is 23.8 Å². The van der Waals surface area contributed by atoms with Gasteiger partial charge in [-0.2, -0.15) is 0 Å². The van der Waals surface area contributed by atoms with Gasteiger partial charge in [0.15, 0.2) is 0 Å². The smallest absolute Gasteiger partial charge is 0.415 e. The van der Waals surface area contributed by atoms with Crippen LogP contribution in [0.4, 0.5) is 9.80 Å². The Hall–Kier alpha value is -2.74. The number of hydrogen-bond acceptors (Lipinski definition) is 6. The van der Waals surface area contributed by atoms with E-state index in [1.165, 1.54) is 25.6 Å². The number of anilines is 1. The average molecular weight is 362 g/mol. The molecule has 1 saturated heterocycles. The Morgan fingerprint density at radius 3 is 2.64 bits per heavy atom. The Morgan fingerprint density at radius 2 is 2.04 bits per heavy atom. The van der Waals surface area contributed by atoms with Crippen molar-refractivity contribution in [3.8, 4) is 11.5 Å². The van der Waals surface area contributed by atoms with Crippen LogP contribution >= 0.6 is 11.3 Å². The topological polar surface area (TPSA) is 77.1 Å². The predicted octanol–water partition coefficient (Wildman–Crippen LogP) is 2.52. The minimum atomic E-state index is -0.398. The summed E-state index contributed by atoms with van der Waals surface area (Å²) in [7, 11) is 3.04. The fourth-order valence-electron chi connectivity index (χ4n) is 2.48. The molecule has 3 rings (SSSR count). The summed E-state index contributed by atoms with van der Waals surface area (Å²) < 4.78 is 15.6. The van der Waals surface area contributed by atoms with Gasteiger partial charge in [-0.1, -0.05) is 0 Å². The molecule has 0 spiro atoms. The van der Waals surface area contributed by atoms with E-state index in [4.69, 9.17) is 14.2 Å². The van der Waals surface area contributed by atoms with E-state index in [0.29, 0.717) is 23.6 Å². The molecule has 7 nitrogen and oxygen atoms in total. The summed E-state index contributed by atoms with van der Waals surface area (Å²) in [6.45, 7) is 0.632. The molecule has 1 atom stereocenters. The molecule has 2 aromatic rings. The van der Waals surface area contributed by atoms with E-state index in [1.807, 2.05) is 17.5 Å². The molecule has 2 heterocycles. The van der Waals surface area contributed by atoms with Crippen LogP contribution in [0, 0.1) is 0 Å². The Balaban J connectivity index is 1.60. The number of nitrogens with one attached hydrogen (secondary N) is 1. The first kappa shape index (κ1) is 17.1. The molecule has 0 radical (unpaired) electrons. The molecule has 1 fully saturated rings. The molecule has 25 heavy (non-hydrogen) atoms. The van der Waals surface area contributed by atoms with Gasteiger partial charge in [0.25, 0.3) is 5.91 Å². The van der Waals surface area contributed by atoms with E-state index < -0.39 is 12.2 Å². The molecule has 0 aliphatic carbocycles. The Kier molecular flexibility index (Phi) is 5.08. The number of thiophene rings is 1. The van der Waals surface area contributed by atoms with Gasteiger partial charge < -0.3 is 19.5 Å². The molecule has 1 N–H and O–H groups in total. The summed E-state index contributed by atoms with van der Waals surface area (Å²) in [4.78, 5) is 25.9. The molecule has 1 aliphatic heterocycles. The van der Waals surface area contributed by atoms with Crippen molar-refractivity contribution in [2.75, 3.05) is 32.2 Å². The van der Waals surface area contributed by atoms with Crippen LogP contribution in [-0.4, -0.2) is 45.4 Å². The summed E-state index contributed by atoms with van der Waals surface area (Å²) in [5.41, 5.74) is 0.413. The van der Waals surface area contributed by atoms with Crippen LogP contribution < -0.4 is 19.7 Å². The van der Waals surface area contributed by atoms with E-state index in [9.17, 15) is 9.59 Å². The number of benzene rings is 1. The third kappa shape index (κ3) is 3.85. The van der Waals surface area contributed by atoms with Crippen molar-refractivity contribution in [2.24, 2.45) is 0 Å². The highest BCUT2D eigenvalue weighted by Gasteiger charge is 2.33. The highest BCUT2D eigenvalue weighted by Crippen LogP contribution is 2.26. The lowest BCUT2D eigenvalue weighted by Crippen LogP contribution is -2.34. The number of carbonyl (C=O) groups is 2. The number of ether oxygens (including phenoxy) is 3. The van der Waals surface area contributed by atoms with Crippen molar-refractivity contribution in [3.63, 3.8) is 0 Å². The first-order valence-corrected chi connectivity index (χ1v) is 8.51. The van der Waals surface area contributed by atoms with Crippen LogP contribution in [0.1, 0.15) is 10.4 Å². The van der Waals surface area contributed by atoms with E-state index in [0.717, 1.165) is 5.00 Å². The number of cyclic esters (lactones) is 1. The second kappa shape index (κ2) is 7.43. The van der Waals surface area contributed by atoms with Crippen LogP contribution in [0.2, 0.25) is 0 Å². The normalized spacial score (nSPS) is 16.5. The highest BCUT2D eigenvalue weighted by molar-refractivity contribution is 7.14. The maximum atomic E-state index is 12.4. The average Bonchev–Trinajstić information content (AvgIpc) is 3.28. The van der Waals surface area contributed by atoms with Crippen molar-refractivity contribution in [3.05, 3.63) is 41.3 Å². The quantitative estimate of drug-likeness (QED) is 0.854. The van der Waals surface area contributed by atoms with E-state index in [1.54, 1.807) is 23.1 Å². The standard InChI is InChI=1S/C17H18N2O5S/c1-22-12-6-11(7-13(8-12)23-2)16(20)18-9-14-10-19(17(21)24-14)15-4-3-5-25-15/h3-8,14H,9-10H2,1-2H3,(H,18,20). The Labute approximate surface area is 149 Å². The van der Waals surface area contributed by atoms with Crippen LogP contribution in [0.15, 0.2) is 35.7 Å². The van der Waals surface area contributed by atoms with Gasteiger partial charge in [-0.3, -0.25) is 9.69 Å². The van der Waals surface area contributed by atoms with Crippen molar-refractivity contribution in [2.45, 2.75) is 6.10 Å².